The summed E-state index contributed by atoms with van der Waals surface area (Å²) in [6.07, 6.45) is 1.72. The van der Waals surface area contributed by atoms with Crippen molar-refractivity contribution in [2.24, 2.45) is 10.9 Å². The number of nitrogens with two attached hydrogens (primary N) is 2. The van der Waals surface area contributed by atoms with Gasteiger partial charge in [-0.25, -0.2) is 13.6 Å². The minimum Gasteiger partial charge on any atom is -0.364 e. The zero-order valence-electron chi connectivity index (χ0n) is 10.7. The van der Waals surface area contributed by atoms with Gasteiger partial charge in [0.15, 0.2) is 0 Å². The van der Waals surface area contributed by atoms with Crippen LogP contribution in [0.3, 0.4) is 0 Å². The number of sulfonamides is 1. The standard InChI is InChI=1S/C11H16N4O4S/c12-8-2-1-5-14(7-8)10-4-3-9(20(13,18)19)6-11(10)15(16)17/h3-4,6,8H,1-2,5,7,12H2,(H2,13,18,19). The second kappa shape index (κ2) is 5.35. The molecule has 1 aliphatic heterocycles. The zero-order chi connectivity index (χ0) is 14.9. The fourth-order valence-electron chi connectivity index (χ4n) is 2.32. The van der Waals surface area contributed by atoms with E-state index in [9.17, 15) is 18.5 Å². The summed E-state index contributed by atoms with van der Waals surface area (Å²) in [7, 11) is -3.96. The molecule has 1 aromatic carbocycles. The minimum atomic E-state index is -3.96. The lowest BCUT2D eigenvalue weighted by atomic mass is 10.1. The highest BCUT2D eigenvalue weighted by Crippen LogP contribution is 2.32. The van der Waals surface area contributed by atoms with Crippen LogP contribution in [0, 0.1) is 10.1 Å². The molecule has 8 nitrogen and oxygen atoms in total. The van der Waals surface area contributed by atoms with Crippen LogP contribution in [-0.2, 0) is 10.0 Å². The molecule has 0 spiro atoms. The van der Waals surface area contributed by atoms with Crippen LogP contribution in [0.25, 0.3) is 0 Å². The van der Waals surface area contributed by atoms with Gasteiger partial charge in [-0.15, -0.1) is 0 Å². The highest BCUT2D eigenvalue weighted by molar-refractivity contribution is 7.89. The summed E-state index contributed by atoms with van der Waals surface area (Å²) in [5, 5.41) is 16.1. The zero-order valence-corrected chi connectivity index (χ0v) is 11.5. The molecule has 1 unspecified atom stereocenters. The molecule has 9 heteroatoms. The van der Waals surface area contributed by atoms with E-state index < -0.39 is 14.9 Å². The van der Waals surface area contributed by atoms with Gasteiger partial charge >= 0.3 is 0 Å². The molecule has 1 aliphatic rings. The lowest BCUT2D eigenvalue weighted by molar-refractivity contribution is -0.384. The third kappa shape index (κ3) is 3.06. The first kappa shape index (κ1) is 14.7. The van der Waals surface area contributed by atoms with Gasteiger partial charge in [0, 0.05) is 25.2 Å². The second-order valence-electron chi connectivity index (χ2n) is 4.80. The highest BCUT2D eigenvalue weighted by atomic mass is 32.2. The third-order valence-electron chi connectivity index (χ3n) is 3.27. The Morgan fingerprint density at radius 2 is 2.10 bits per heavy atom. The van der Waals surface area contributed by atoms with E-state index in [1.54, 1.807) is 4.90 Å². The number of nitrogens with zero attached hydrogens (tertiary/aromatic N) is 2. The summed E-state index contributed by atoms with van der Waals surface area (Å²) >= 11 is 0. The van der Waals surface area contributed by atoms with E-state index in [4.69, 9.17) is 10.9 Å². The highest BCUT2D eigenvalue weighted by Gasteiger charge is 2.25. The van der Waals surface area contributed by atoms with Crippen molar-refractivity contribution in [3.63, 3.8) is 0 Å². The van der Waals surface area contributed by atoms with E-state index >= 15 is 0 Å². The van der Waals surface area contributed by atoms with Crippen LogP contribution >= 0.6 is 0 Å². The van der Waals surface area contributed by atoms with Gasteiger partial charge in [0.2, 0.25) is 10.0 Å². The molecule has 1 heterocycles. The molecule has 20 heavy (non-hydrogen) atoms. The Morgan fingerprint density at radius 1 is 1.40 bits per heavy atom. The van der Waals surface area contributed by atoms with Gasteiger partial charge in [0.1, 0.15) is 5.69 Å². The number of hydrogen-bond acceptors (Lipinski definition) is 6. The average Bonchev–Trinajstić information content (AvgIpc) is 2.37. The molecular formula is C11H16N4O4S. The topological polar surface area (TPSA) is 133 Å². The van der Waals surface area contributed by atoms with E-state index in [0.717, 1.165) is 18.9 Å². The molecule has 0 aromatic heterocycles. The van der Waals surface area contributed by atoms with E-state index in [2.05, 4.69) is 0 Å². The Bertz CT molecular complexity index is 631. The van der Waals surface area contributed by atoms with Crippen molar-refractivity contribution in [2.45, 2.75) is 23.8 Å². The van der Waals surface area contributed by atoms with Gasteiger partial charge < -0.3 is 10.6 Å². The van der Waals surface area contributed by atoms with Crippen molar-refractivity contribution in [1.82, 2.24) is 0 Å². The third-order valence-corrected chi connectivity index (χ3v) is 4.18. The smallest absolute Gasteiger partial charge is 0.293 e. The van der Waals surface area contributed by atoms with E-state index in [-0.39, 0.29) is 16.6 Å². The Labute approximate surface area is 116 Å². The molecule has 1 atom stereocenters. The first-order chi connectivity index (χ1) is 9.29. The van der Waals surface area contributed by atoms with Crippen molar-refractivity contribution in [2.75, 3.05) is 18.0 Å². The van der Waals surface area contributed by atoms with Crippen LogP contribution < -0.4 is 15.8 Å². The van der Waals surface area contributed by atoms with Gasteiger partial charge in [-0.3, -0.25) is 10.1 Å². The minimum absolute atomic E-state index is 0.0405. The molecule has 0 saturated carbocycles. The molecule has 1 fully saturated rings. The van der Waals surface area contributed by atoms with Crippen LogP contribution in [-0.4, -0.2) is 32.5 Å². The van der Waals surface area contributed by atoms with Gasteiger partial charge in [-0.05, 0) is 25.0 Å². The molecule has 4 N–H and O–H groups in total. The van der Waals surface area contributed by atoms with Crippen molar-refractivity contribution in [3.05, 3.63) is 28.3 Å². The maximum absolute atomic E-state index is 11.3. The molecule has 1 saturated heterocycles. The van der Waals surface area contributed by atoms with Crippen molar-refractivity contribution in [3.8, 4) is 0 Å². The number of hydrogen-bond donors (Lipinski definition) is 2. The number of rotatable bonds is 3. The number of benzene rings is 1. The maximum Gasteiger partial charge on any atom is 0.293 e. The molecule has 0 amide bonds. The number of anilines is 1. The van der Waals surface area contributed by atoms with Crippen molar-refractivity contribution < 1.29 is 13.3 Å². The Balaban J connectivity index is 2.45. The van der Waals surface area contributed by atoms with Crippen LogP contribution in [0.1, 0.15) is 12.8 Å². The lowest BCUT2D eigenvalue weighted by Crippen LogP contribution is -2.43. The average molecular weight is 300 g/mol. The normalized spacial score (nSPS) is 19.9. The molecule has 1 aromatic rings. The van der Waals surface area contributed by atoms with Crippen molar-refractivity contribution in [1.29, 1.82) is 0 Å². The van der Waals surface area contributed by atoms with E-state index in [1.807, 2.05) is 0 Å². The summed E-state index contributed by atoms with van der Waals surface area (Å²) in [6.45, 7) is 1.17. The molecule has 0 aliphatic carbocycles. The van der Waals surface area contributed by atoms with Crippen LogP contribution in [0.2, 0.25) is 0 Å². The van der Waals surface area contributed by atoms with Gasteiger partial charge in [0.25, 0.3) is 5.69 Å². The summed E-state index contributed by atoms with van der Waals surface area (Å²) < 4.78 is 22.5. The van der Waals surface area contributed by atoms with Crippen molar-refractivity contribution >= 4 is 21.4 Å². The number of piperidine rings is 1. The largest absolute Gasteiger partial charge is 0.364 e. The maximum atomic E-state index is 11.3. The quantitative estimate of drug-likeness (QED) is 0.604. The predicted octanol–water partition coefficient (Wildman–Crippen LogP) is 0.170. The summed E-state index contributed by atoms with van der Waals surface area (Å²) in [6, 6.07) is 3.64. The summed E-state index contributed by atoms with van der Waals surface area (Å²) in [5.74, 6) is 0. The van der Waals surface area contributed by atoms with Crippen LogP contribution in [0.15, 0.2) is 23.1 Å². The molecule has 0 radical (unpaired) electrons. The SMILES string of the molecule is NC1CCCN(c2ccc(S(N)(=O)=O)cc2[N+](=O)[O-])C1. The first-order valence-corrected chi connectivity index (χ1v) is 7.65. The first-order valence-electron chi connectivity index (χ1n) is 6.11. The van der Waals surface area contributed by atoms with E-state index in [1.165, 1.54) is 12.1 Å². The number of primary sulfonamides is 1. The van der Waals surface area contributed by atoms with Gasteiger partial charge in [-0.1, -0.05) is 0 Å². The monoisotopic (exact) mass is 300 g/mol. The predicted molar refractivity (Wildman–Crippen MR) is 73.9 cm³/mol. The second-order valence-corrected chi connectivity index (χ2v) is 6.36. The summed E-state index contributed by atoms with van der Waals surface area (Å²) in [5.41, 5.74) is 5.96. The fourth-order valence-corrected chi connectivity index (χ4v) is 2.86. The number of nitro groups is 1. The molecule has 110 valence electrons. The van der Waals surface area contributed by atoms with E-state index in [0.29, 0.717) is 18.8 Å². The summed E-state index contributed by atoms with van der Waals surface area (Å²) in [4.78, 5) is 12.1. The fraction of sp³-hybridized carbons (Fsp3) is 0.455. The van der Waals surface area contributed by atoms with Gasteiger partial charge in [-0.2, -0.15) is 0 Å². The number of nitro benzene ring substituents is 1. The molecule has 2 rings (SSSR count). The molecule has 0 bridgehead atoms. The Morgan fingerprint density at radius 3 is 2.65 bits per heavy atom. The Hall–Kier alpha value is -1.71. The van der Waals surface area contributed by atoms with Gasteiger partial charge in [0.05, 0.1) is 9.82 Å². The molecular weight excluding hydrogens is 284 g/mol. The van der Waals surface area contributed by atoms with Crippen LogP contribution in [0.4, 0.5) is 11.4 Å². The van der Waals surface area contributed by atoms with Crippen LogP contribution in [0.5, 0.6) is 0 Å². The Kier molecular flexibility index (Phi) is 3.93. The lowest BCUT2D eigenvalue weighted by Gasteiger charge is -2.32.